The van der Waals surface area contributed by atoms with E-state index in [1.807, 2.05) is 36.4 Å². The van der Waals surface area contributed by atoms with Crippen LogP contribution in [0.5, 0.6) is 0 Å². The number of aromatic nitrogens is 3. The highest BCUT2D eigenvalue weighted by atomic mass is 15.2. The first-order valence-electron chi connectivity index (χ1n) is 22.1. The number of hydrogen-bond donors (Lipinski definition) is 1. The zero-order valence-corrected chi connectivity index (χ0v) is 35.9. The molecular formula is C60H42N6. The lowest BCUT2D eigenvalue weighted by molar-refractivity contribution is 0.674. The fourth-order valence-corrected chi connectivity index (χ4v) is 8.30. The maximum Gasteiger partial charge on any atom is 0.164 e. The van der Waals surface area contributed by atoms with E-state index in [9.17, 15) is 0 Å². The van der Waals surface area contributed by atoms with Gasteiger partial charge in [-0.3, -0.25) is 0 Å². The molecule has 0 bridgehead atoms. The van der Waals surface area contributed by atoms with E-state index < -0.39 is 0 Å². The lowest BCUT2D eigenvalue weighted by Gasteiger charge is -2.24. The van der Waals surface area contributed by atoms with Crippen molar-refractivity contribution in [2.75, 3.05) is 0 Å². The van der Waals surface area contributed by atoms with Crippen LogP contribution in [0.1, 0.15) is 22.9 Å². The Hall–Kier alpha value is -8.87. The molecule has 0 radical (unpaired) electrons. The molecule has 10 aromatic rings. The minimum atomic E-state index is -0.333. The molecule has 1 aromatic heterocycles. The van der Waals surface area contributed by atoms with E-state index >= 15 is 0 Å². The van der Waals surface area contributed by atoms with E-state index in [1.165, 1.54) is 5.56 Å². The SMILES string of the molecule is c1ccc(C2=NC(c3ccc(-c4ccccc4)cc3)NC(c3cccc(-c4cccc(-c5nc(-c6ccc(-c7ccccc7)cc6)nc(-c6ccc(-c7ccccc7)cc6)n5)c4)c3)=N2)cc1. The molecular weight excluding hydrogens is 805 g/mol. The van der Waals surface area contributed by atoms with Gasteiger partial charge in [0.25, 0.3) is 0 Å². The quantitative estimate of drug-likeness (QED) is 0.149. The number of rotatable bonds is 10. The smallest absolute Gasteiger partial charge is 0.164 e. The third-order valence-corrected chi connectivity index (χ3v) is 11.8. The predicted molar refractivity (Wildman–Crippen MR) is 270 cm³/mol. The molecule has 1 aliphatic rings. The minimum absolute atomic E-state index is 0.333. The van der Waals surface area contributed by atoms with Crippen LogP contribution in [-0.2, 0) is 0 Å². The van der Waals surface area contributed by atoms with Crippen LogP contribution in [0.25, 0.3) is 78.7 Å². The first-order chi connectivity index (χ1) is 32.7. The molecule has 6 nitrogen and oxygen atoms in total. The molecule has 0 saturated carbocycles. The summed E-state index contributed by atoms with van der Waals surface area (Å²) in [5.74, 6) is 3.24. The monoisotopic (exact) mass is 846 g/mol. The number of amidine groups is 2. The summed E-state index contributed by atoms with van der Waals surface area (Å²) < 4.78 is 0. The molecule has 0 spiro atoms. The van der Waals surface area contributed by atoms with Crippen molar-refractivity contribution in [2.45, 2.75) is 6.17 Å². The van der Waals surface area contributed by atoms with E-state index in [2.05, 4.69) is 212 Å². The standard InChI is InChI=1S/C60H42N6/c1-5-15-41(16-6-1)44-27-33-48(34-28-44)56-61-55(47-21-11-4-12-22-47)63-59(64-56)53-25-13-23-51(39-53)52-24-14-26-54(40-52)60-65-57(49-35-29-45(30-36-49)42-17-7-2-8-18-42)62-58(66-60)50-37-31-46(32-38-50)43-19-9-3-10-20-43/h1-40,56H,(H,61,63,64). The van der Waals surface area contributed by atoms with E-state index in [1.54, 1.807) is 0 Å². The molecule has 6 heteroatoms. The van der Waals surface area contributed by atoms with Crippen LogP contribution >= 0.6 is 0 Å². The van der Waals surface area contributed by atoms with Crippen molar-refractivity contribution in [3.05, 3.63) is 259 Å². The number of aliphatic imine (C=N–C) groups is 2. The highest BCUT2D eigenvalue weighted by molar-refractivity contribution is 6.13. The Labute approximate surface area is 384 Å². The molecule has 2 heterocycles. The Morgan fingerprint density at radius 2 is 0.606 bits per heavy atom. The van der Waals surface area contributed by atoms with Crippen molar-refractivity contribution in [1.29, 1.82) is 0 Å². The van der Waals surface area contributed by atoms with Gasteiger partial charge in [0.2, 0.25) is 0 Å². The van der Waals surface area contributed by atoms with E-state index in [0.29, 0.717) is 23.3 Å². The van der Waals surface area contributed by atoms with Gasteiger partial charge in [-0.05, 0) is 62.2 Å². The predicted octanol–water partition coefficient (Wildman–Crippen LogP) is 14.0. The molecule has 1 unspecified atom stereocenters. The van der Waals surface area contributed by atoms with Crippen molar-refractivity contribution >= 4 is 11.7 Å². The van der Waals surface area contributed by atoms with Gasteiger partial charge in [0.1, 0.15) is 12.0 Å². The number of nitrogens with one attached hydrogen (secondary N) is 1. The molecule has 0 fully saturated rings. The molecule has 9 aromatic carbocycles. The highest BCUT2D eigenvalue weighted by Gasteiger charge is 2.22. The van der Waals surface area contributed by atoms with E-state index in [0.717, 1.165) is 78.2 Å². The Morgan fingerprint density at radius 1 is 0.273 bits per heavy atom. The second kappa shape index (κ2) is 18.1. The third kappa shape index (κ3) is 8.59. The first-order valence-corrected chi connectivity index (χ1v) is 22.1. The number of hydrogen-bond acceptors (Lipinski definition) is 6. The van der Waals surface area contributed by atoms with Crippen LogP contribution in [0, 0.1) is 0 Å². The summed E-state index contributed by atoms with van der Waals surface area (Å²) in [6, 6.07) is 83.7. The van der Waals surface area contributed by atoms with Crippen molar-refractivity contribution in [1.82, 2.24) is 20.3 Å². The van der Waals surface area contributed by atoms with Gasteiger partial charge < -0.3 is 5.32 Å². The van der Waals surface area contributed by atoms with Gasteiger partial charge in [-0.2, -0.15) is 0 Å². The highest BCUT2D eigenvalue weighted by Crippen LogP contribution is 2.32. The molecule has 66 heavy (non-hydrogen) atoms. The van der Waals surface area contributed by atoms with Gasteiger partial charge in [0, 0.05) is 27.8 Å². The minimum Gasteiger partial charge on any atom is -0.344 e. The normalized spacial score (nSPS) is 13.3. The molecule has 0 aliphatic carbocycles. The lowest BCUT2D eigenvalue weighted by Crippen LogP contribution is -2.33. The number of benzene rings is 9. The average Bonchev–Trinajstić information content (AvgIpc) is 3.42. The molecule has 312 valence electrons. The molecule has 11 rings (SSSR count). The molecule has 0 amide bonds. The Kier molecular flexibility index (Phi) is 10.9. The molecule has 1 atom stereocenters. The van der Waals surface area contributed by atoms with Crippen molar-refractivity contribution in [2.24, 2.45) is 9.98 Å². The van der Waals surface area contributed by atoms with Crippen LogP contribution < -0.4 is 5.32 Å². The zero-order chi connectivity index (χ0) is 44.1. The Morgan fingerprint density at radius 3 is 1.08 bits per heavy atom. The summed E-state index contributed by atoms with van der Waals surface area (Å²) in [6.45, 7) is 0. The second-order valence-electron chi connectivity index (χ2n) is 16.2. The van der Waals surface area contributed by atoms with Crippen LogP contribution in [0.4, 0.5) is 0 Å². The van der Waals surface area contributed by atoms with Crippen LogP contribution in [-0.4, -0.2) is 26.6 Å². The van der Waals surface area contributed by atoms with E-state index in [4.69, 9.17) is 24.9 Å². The molecule has 1 N–H and O–H groups in total. The van der Waals surface area contributed by atoms with Gasteiger partial charge in [0.15, 0.2) is 23.3 Å². The van der Waals surface area contributed by atoms with Crippen LogP contribution in [0.3, 0.4) is 0 Å². The molecule has 0 saturated heterocycles. The fraction of sp³-hybridized carbons (Fsp3) is 0.0167. The second-order valence-corrected chi connectivity index (χ2v) is 16.2. The van der Waals surface area contributed by atoms with Crippen molar-refractivity contribution in [3.63, 3.8) is 0 Å². The summed E-state index contributed by atoms with van der Waals surface area (Å²) in [7, 11) is 0. The average molecular weight is 847 g/mol. The third-order valence-electron chi connectivity index (χ3n) is 11.8. The van der Waals surface area contributed by atoms with Crippen LogP contribution in [0.15, 0.2) is 253 Å². The summed E-state index contributed by atoms with van der Waals surface area (Å²) in [5.41, 5.74) is 14.6. The fourth-order valence-electron chi connectivity index (χ4n) is 8.30. The van der Waals surface area contributed by atoms with Gasteiger partial charge >= 0.3 is 0 Å². The number of nitrogens with zero attached hydrogens (tertiary/aromatic N) is 5. The van der Waals surface area contributed by atoms with E-state index in [-0.39, 0.29) is 6.17 Å². The summed E-state index contributed by atoms with van der Waals surface area (Å²) in [5, 5.41) is 3.67. The summed E-state index contributed by atoms with van der Waals surface area (Å²) in [4.78, 5) is 25.6. The maximum atomic E-state index is 5.13. The topological polar surface area (TPSA) is 75.4 Å². The largest absolute Gasteiger partial charge is 0.344 e. The summed E-state index contributed by atoms with van der Waals surface area (Å²) >= 11 is 0. The van der Waals surface area contributed by atoms with Gasteiger partial charge in [-0.15, -0.1) is 0 Å². The van der Waals surface area contributed by atoms with Gasteiger partial charge in [-0.25, -0.2) is 24.9 Å². The molecule has 1 aliphatic heterocycles. The van der Waals surface area contributed by atoms with Gasteiger partial charge in [0.05, 0.1) is 0 Å². The first kappa shape index (κ1) is 39.9. The van der Waals surface area contributed by atoms with Crippen LogP contribution in [0.2, 0.25) is 0 Å². The Bertz CT molecular complexity index is 3230. The van der Waals surface area contributed by atoms with Gasteiger partial charge in [-0.1, -0.05) is 231 Å². The van der Waals surface area contributed by atoms with Crippen molar-refractivity contribution < 1.29 is 0 Å². The maximum absolute atomic E-state index is 5.13. The lowest BCUT2D eigenvalue weighted by atomic mass is 9.99. The Balaban J connectivity index is 0.937. The summed E-state index contributed by atoms with van der Waals surface area (Å²) in [6.07, 6.45) is -0.333. The zero-order valence-electron chi connectivity index (χ0n) is 35.9. The van der Waals surface area contributed by atoms with Crippen molar-refractivity contribution in [3.8, 4) is 78.7 Å².